The number of nitrogens with zero attached hydrogens (tertiary/aromatic N) is 2. The van der Waals surface area contributed by atoms with Crippen molar-refractivity contribution in [2.45, 2.75) is 32.6 Å². The Bertz CT molecular complexity index is 599. The number of hydrogen-bond donors (Lipinski definition) is 1. The van der Waals surface area contributed by atoms with Crippen molar-refractivity contribution < 1.29 is 4.79 Å². The molecule has 2 aromatic rings. The Kier molecular flexibility index (Phi) is 4.93. The maximum absolute atomic E-state index is 11.5. The van der Waals surface area contributed by atoms with Crippen molar-refractivity contribution in [1.29, 1.82) is 0 Å². The summed E-state index contributed by atoms with van der Waals surface area (Å²) in [5, 5.41) is 4.19. The minimum absolute atomic E-state index is 0.191. The Hall–Kier alpha value is -1.62. The Morgan fingerprint density at radius 2 is 2.14 bits per heavy atom. The van der Waals surface area contributed by atoms with Crippen LogP contribution in [0, 0.1) is 5.92 Å². The number of rotatable bonds is 5. The molecule has 22 heavy (non-hydrogen) atoms. The number of carbonyl (C=O) groups excluding carboxylic acids is 1. The van der Waals surface area contributed by atoms with Crippen LogP contribution in [0.5, 0.6) is 0 Å². The zero-order valence-electron chi connectivity index (χ0n) is 13.0. The number of nitrogens with one attached hydrogen (secondary N) is 1. The van der Waals surface area contributed by atoms with Gasteiger partial charge in [0.2, 0.25) is 5.91 Å². The molecule has 1 amide bonds. The lowest BCUT2D eigenvalue weighted by Crippen LogP contribution is -2.38. The lowest BCUT2D eigenvalue weighted by atomic mass is 9.97. The highest BCUT2D eigenvalue weighted by Crippen LogP contribution is 2.31. The Labute approximate surface area is 135 Å². The second-order valence-corrected chi connectivity index (χ2v) is 6.96. The molecule has 1 aliphatic heterocycles. The predicted molar refractivity (Wildman–Crippen MR) is 92.5 cm³/mol. The normalized spacial score (nSPS) is 16.1. The van der Waals surface area contributed by atoms with Gasteiger partial charge in [-0.15, -0.1) is 0 Å². The number of piperidine rings is 1. The average Bonchev–Trinajstić information content (AvgIpc) is 2.98. The van der Waals surface area contributed by atoms with E-state index < -0.39 is 0 Å². The van der Waals surface area contributed by atoms with Gasteiger partial charge in [-0.05, 0) is 37.3 Å². The molecule has 3 rings (SSSR count). The van der Waals surface area contributed by atoms with Crippen LogP contribution in [0.2, 0.25) is 0 Å². The minimum atomic E-state index is 0.191. The molecule has 1 fully saturated rings. The molecule has 1 aromatic carbocycles. The molecule has 2 heterocycles. The van der Waals surface area contributed by atoms with Gasteiger partial charge in [-0.3, -0.25) is 4.79 Å². The van der Waals surface area contributed by atoms with Crippen LogP contribution >= 0.6 is 11.3 Å². The molecule has 0 unspecified atom stereocenters. The van der Waals surface area contributed by atoms with Gasteiger partial charge in [-0.2, -0.15) is 0 Å². The zero-order chi connectivity index (χ0) is 15.4. The van der Waals surface area contributed by atoms with Crippen LogP contribution in [0.4, 0.5) is 5.13 Å². The first-order valence-corrected chi connectivity index (χ1v) is 8.95. The smallest absolute Gasteiger partial charge is 0.219 e. The van der Waals surface area contributed by atoms with Crippen molar-refractivity contribution in [3.05, 3.63) is 24.3 Å². The minimum Gasteiger partial charge on any atom is -0.356 e. The van der Waals surface area contributed by atoms with E-state index in [-0.39, 0.29) is 5.91 Å². The van der Waals surface area contributed by atoms with E-state index in [4.69, 9.17) is 4.98 Å². The van der Waals surface area contributed by atoms with Crippen molar-refractivity contribution >= 4 is 32.6 Å². The fourth-order valence-corrected chi connectivity index (χ4v) is 3.91. The molecule has 4 nitrogen and oxygen atoms in total. The highest BCUT2D eigenvalue weighted by molar-refractivity contribution is 7.22. The van der Waals surface area contributed by atoms with Gasteiger partial charge >= 0.3 is 0 Å². The van der Waals surface area contributed by atoms with E-state index in [0.717, 1.165) is 49.5 Å². The van der Waals surface area contributed by atoms with Crippen LogP contribution < -0.4 is 10.2 Å². The first-order chi connectivity index (χ1) is 10.8. The molecule has 1 aliphatic rings. The summed E-state index contributed by atoms with van der Waals surface area (Å²) in [5.74, 6) is 0.794. The molecule has 1 aromatic heterocycles. The zero-order valence-corrected chi connectivity index (χ0v) is 13.9. The van der Waals surface area contributed by atoms with Crippen LogP contribution in [0.15, 0.2) is 24.3 Å². The maximum Gasteiger partial charge on any atom is 0.219 e. The highest BCUT2D eigenvalue weighted by Gasteiger charge is 2.21. The third kappa shape index (κ3) is 3.58. The van der Waals surface area contributed by atoms with Gasteiger partial charge in [-0.25, -0.2) is 4.98 Å². The molecule has 0 atom stereocenters. The topological polar surface area (TPSA) is 45.2 Å². The van der Waals surface area contributed by atoms with Crippen LogP contribution in [-0.4, -0.2) is 30.5 Å². The summed E-state index contributed by atoms with van der Waals surface area (Å²) in [6, 6.07) is 8.31. The lowest BCUT2D eigenvalue weighted by molar-refractivity contribution is -0.121. The molecule has 0 aliphatic carbocycles. The van der Waals surface area contributed by atoms with Crippen LogP contribution in [0.1, 0.15) is 32.6 Å². The summed E-state index contributed by atoms with van der Waals surface area (Å²) < 4.78 is 1.26. The number of carbonyl (C=O) groups is 1. The molecule has 0 saturated carbocycles. The van der Waals surface area contributed by atoms with Crippen molar-refractivity contribution in [3.63, 3.8) is 0 Å². The molecule has 1 N–H and O–H groups in total. The largest absolute Gasteiger partial charge is 0.356 e. The number of para-hydroxylation sites is 1. The predicted octanol–water partition coefficient (Wildman–Crippen LogP) is 3.43. The number of fused-ring (bicyclic) bond motifs is 1. The third-order valence-electron chi connectivity index (χ3n) is 4.23. The summed E-state index contributed by atoms with van der Waals surface area (Å²) in [5.41, 5.74) is 1.09. The van der Waals surface area contributed by atoms with Gasteiger partial charge in [0.15, 0.2) is 5.13 Å². The van der Waals surface area contributed by atoms with Crippen LogP contribution in [0.3, 0.4) is 0 Å². The van der Waals surface area contributed by atoms with Crippen LogP contribution in [-0.2, 0) is 4.79 Å². The monoisotopic (exact) mass is 317 g/mol. The van der Waals surface area contributed by atoms with E-state index in [2.05, 4.69) is 28.4 Å². The van der Waals surface area contributed by atoms with Crippen molar-refractivity contribution in [3.8, 4) is 0 Å². The molecule has 1 saturated heterocycles. The second kappa shape index (κ2) is 7.09. The summed E-state index contributed by atoms with van der Waals surface area (Å²) in [4.78, 5) is 18.7. The van der Waals surface area contributed by atoms with Crippen molar-refractivity contribution in [2.75, 3.05) is 24.5 Å². The number of aromatic nitrogens is 1. The maximum atomic E-state index is 11.5. The molecular weight excluding hydrogens is 294 g/mol. The van der Waals surface area contributed by atoms with Gasteiger partial charge in [0.25, 0.3) is 0 Å². The average molecular weight is 317 g/mol. The summed E-state index contributed by atoms with van der Waals surface area (Å²) >= 11 is 1.77. The summed E-state index contributed by atoms with van der Waals surface area (Å²) in [6.45, 7) is 4.94. The Balaban J connectivity index is 1.52. The number of thiazole rings is 1. The van der Waals surface area contributed by atoms with E-state index in [0.29, 0.717) is 12.3 Å². The first-order valence-electron chi connectivity index (χ1n) is 8.13. The summed E-state index contributed by atoms with van der Waals surface area (Å²) in [6.07, 6.45) is 3.82. The molecule has 0 radical (unpaired) electrons. The highest BCUT2D eigenvalue weighted by atomic mass is 32.1. The molecule has 118 valence electrons. The standard InChI is InChI=1S/C17H23N3OS/c1-2-5-16(21)18-12-13-8-10-20(11-9-13)17-19-14-6-3-4-7-15(14)22-17/h3-4,6-7,13H,2,5,8-12H2,1H3,(H,18,21). The third-order valence-corrected chi connectivity index (χ3v) is 5.33. The van der Waals surface area contributed by atoms with E-state index in [1.54, 1.807) is 11.3 Å². The molecule has 0 spiro atoms. The number of amides is 1. The van der Waals surface area contributed by atoms with Gasteiger partial charge in [0.1, 0.15) is 0 Å². The fraction of sp³-hybridized carbons (Fsp3) is 0.529. The van der Waals surface area contributed by atoms with Crippen molar-refractivity contribution in [2.24, 2.45) is 5.92 Å². The summed E-state index contributed by atoms with van der Waals surface area (Å²) in [7, 11) is 0. The lowest BCUT2D eigenvalue weighted by Gasteiger charge is -2.31. The quantitative estimate of drug-likeness (QED) is 0.919. The van der Waals surface area contributed by atoms with E-state index in [9.17, 15) is 4.79 Å². The molecular formula is C17H23N3OS. The Morgan fingerprint density at radius 1 is 1.36 bits per heavy atom. The SMILES string of the molecule is CCCC(=O)NCC1CCN(c2nc3ccccc3s2)CC1. The number of anilines is 1. The van der Waals surface area contributed by atoms with Crippen molar-refractivity contribution in [1.82, 2.24) is 10.3 Å². The van der Waals surface area contributed by atoms with Gasteiger partial charge < -0.3 is 10.2 Å². The fourth-order valence-electron chi connectivity index (χ4n) is 2.90. The Morgan fingerprint density at radius 3 is 2.86 bits per heavy atom. The van der Waals surface area contributed by atoms with Gasteiger partial charge in [-0.1, -0.05) is 30.4 Å². The first kappa shape index (κ1) is 15.3. The van der Waals surface area contributed by atoms with Crippen LogP contribution in [0.25, 0.3) is 10.2 Å². The van der Waals surface area contributed by atoms with E-state index >= 15 is 0 Å². The number of benzene rings is 1. The molecule has 5 heteroatoms. The molecule has 0 bridgehead atoms. The van der Waals surface area contributed by atoms with E-state index in [1.807, 2.05) is 13.0 Å². The van der Waals surface area contributed by atoms with Gasteiger partial charge in [0.05, 0.1) is 10.2 Å². The van der Waals surface area contributed by atoms with E-state index in [1.165, 1.54) is 4.70 Å². The van der Waals surface area contributed by atoms with Gasteiger partial charge in [0, 0.05) is 26.1 Å². The second-order valence-electron chi connectivity index (χ2n) is 5.95. The number of hydrogen-bond acceptors (Lipinski definition) is 4.